The molecule has 0 aliphatic heterocycles. The quantitative estimate of drug-likeness (QED) is 0.527. The van der Waals surface area contributed by atoms with Crippen LogP contribution in [0.5, 0.6) is 0 Å². The van der Waals surface area contributed by atoms with Crippen LogP contribution >= 0.6 is 0 Å². The van der Waals surface area contributed by atoms with Crippen LogP contribution in [0, 0.1) is 34.6 Å². The Bertz CT molecular complexity index is 261. The summed E-state index contributed by atoms with van der Waals surface area (Å²) in [5.41, 5.74) is 7.14. The number of hydrogen-bond donors (Lipinski definition) is 0. The third-order valence-electron chi connectivity index (χ3n) is 2.74. The van der Waals surface area contributed by atoms with Crippen molar-refractivity contribution in [3.63, 3.8) is 0 Å². The topological polar surface area (TPSA) is 0 Å². The molecule has 1 heterocycles. The minimum atomic E-state index is 1.41. The standard InChI is InChI=1S/C10H15B/c1-6-7(2)9(4)11-10(5)8(6)3/h1-5H3. The van der Waals surface area contributed by atoms with Gasteiger partial charge in [-0.25, -0.2) is 0 Å². The van der Waals surface area contributed by atoms with E-state index in [9.17, 15) is 0 Å². The van der Waals surface area contributed by atoms with Gasteiger partial charge in [0.05, 0.1) is 0 Å². The van der Waals surface area contributed by atoms with Crippen molar-refractivity contribution >= 4 is 6.91 Å². The van der Waals surface area contributed by atoms with Crippen LogP contribution in [-0.4, -0.2) is 6.91 Å². The van der Waals surface area contributed by atoms with Gasteiger partial charge < -0.3 is 0 Å². The van der Waals surface area contributed by atoms with E-state index in [1.807, 2.05) is 0 Å². The van der Waals surface area contributed by atoms with Crippen molar-refractivity contribution in [1.82, 2.24) is 0 Å². The van der Waals surface area contributed by atoms with Gasteiger partial charge in [0, 0.05) is 0 Å². The fraction of sp³-hybridized carbons (Fsp3) is 0.500. The van der Waals surface area contributed by atoms with Crippen molar-refractivity contribution in [2.45, 2.75) is 34.6 Å². The molecule has 0 atom stereocenters. The second-order valence-electron chi connectivity index (χ2n) is 3.39. The molecule has 0 aromatic carbocycles. The fourth-order valence-electron chi connectivity index (χ4n) is 1.41. The zero-order valence-corrected chi connectivity index (χ0v) is 8.08. The van der Waals surface area contributed by atoms with Crippen molar-refractivity contribution in [3.8, 4) is 0 Å². The van der Waals surface area contributed by atoms with Crippen LogP contribution in [0.25, 0.3) is 0 Å². The van der Waals surface area contributed by atoms with Crippen molar-refractivity contribution in [2.24, 2.45) is 0 Å². The average molecular weight is 146 g/mol. The summed E-state index contributed by atoms with van der Waals surface area (Å²) in [5.74, 6) is 0. The van der Waals surface area contributed by atoms with E-state index >= 15 is 0 Å². The summed E-state index contributed by atoms with van der Waals surface area (Å²) in [5, 5.41) is 0. The Balaban J connectivity index is 3.46. The Hall–Kier alpha value is -0.585. The molecule has 0 aliphatic rings. The molecule has 0 aliphatic carbocycles. The van der Waals surface area contributed by atoms with Crippen LogP contribution in [0.4, 0.5) is 0 Å². The van der Waals surface area contributed by atoms with E-state index in [0.717, 1.165) is 0 Å². The summed E-state index contributed by atoms with van der Waals surface area (Å²) in [7, 11) is 0. The molecule has 1 aromatic heterocycles. The van der Waals surface area contributed by atoms with E-state index < -0.39 is 0 Å². The first kappa shape index (κ1) is 8.51. The van der Waals surface area contributed by atoms with E-state index in [4.69, 9.17) is 0 Å². The predicted octanol–water partition coefficient (Wildman–Crippen LogP) is 2.57. The molecule has 0 amide bonds. The molecule has 0 bridgehead atoms. The van der Waals surface area contributed by atoms with E-state index in [1.165, 1.54) is 27.6 Å². The molecule has 0 radical (unpaired) electrons. The summed E-state index contributed by atoms with van der Waals surface area (Å²) < 4.78 is 0. The first-order chi connectivity index (χ1) is 5.04. The first-order valence-corrected chi connectivity index (χ1v) is 4.08. The summed E-state index contributed by atoms with van der Waals surface area (Å²) in [6.45, 7) is 13.2. The summed E-state index contributed by atoms with van der Waals surface area (Å²) >= 11 is 0. The Morgan fingerprint density at radius 2 is 1.00 bits per heavy atom. The minimum absolute atomic E-state index is 1.41. The van der Waals surface area contributed by atoms with Gasteiger partial charge in [-0.2, -0.15) is 0 Å². The molecule has 0 saturated carbocycles. The van der Waals surface area contributed by atoms with Gasteiger partial charge in [-0.1, -0.05) is 0 Å². The average Bonchev–Trinajstić information content (AvgIpc) is 1.97. The number of hydrogen-bond acceptors (Lipinski definition) is 0. The van der Waals surface area contributed by atoms with Crippen molar-refractivity contribution < 1.29 is 0 Å². The van der Waals surface area contributed by atoms with Crippen molar-refractivity contribution in [2.75, 3.05) is 0 Å². The first-order valence-electron chi connectivity index (χ1n) is 4.08. The van der Waals surface area contributed by atoms with E-state index in [-0.39, 0.29) is 0 Å². The molecular formula is C10H15B. The molecule has 0 fully saturated rings. The van der Waals surface area contributed by atoms with Gasteiger partial charge in [-0.15, -0.1) is 0 Å². The Labute approximate surface area is 69.9 Å². The van der Waals surface area contributed by atoms with Crippen LogP contribution in [0.15, 0.2) is 0 Å². The van der Waals surface area contributed by atoms with Crippen LogP contribution in [0.3, 0.4) is 0 Å². The molecule has 11 heavy (non-hydrogen) atoms. The fourth-order valence-corrected chi connectivity index (χ4v) is 1.41. The maximum absolute atomic E-state index is 2.26. The summed E-state index contributed by atoms with van der Waals surface area (Å²) in [6.07, 6.45) is 0. The molecule has 0 nitrogen and oxygen atoms in total. The predicted molar refractivity (Wildman–Crippen MR) is 51.5 cm³/mol. The molecule has 1 rings (SSSR count). The van der Waals surface area contributed by atoms with Crippen LogP contribution in [-0.2, 0) is 0 Å². The monoisotopic (exact) mass is 146 g/mol. The Morgan fingerprint density at radius 3 is 1.36 bits per heavy atom. The molecular weight excluding hydrogens is 131 g/mol. The zero-order chi connectivity index (χ0) is 8.59. The van der Waals surface area contributed by atoms with Gasteiger partial charge in [-0.3, -0.25) is 0 Å². The van der Waals surface area contributed by atoms with Crippen LogP contribution < -0.4 is 0 Å². The van der Waals surface area contributed by atoms with Gasteiger partial charge in [-0.05, 0) is 0 Å². The Kier molecular flexibility index (Phi) is 2.17. The van der Waals surface area contributed by atoms with Gasteiger partial charge >= 0.3 is 69.1 Å². The molecule has 58 valence electrons. The number of aryl methyl sites for hydroxylation is 2. The Morgan fingerprint density at radius 1 is 0.636 bits per heavy atom. The third kappa shape index (κ3) is 1.37. The second kappa shape index (κ2) is 2.81. The van der Waals surface area contributed by atoms with E-state index in [0.29, 0.717) is 0 Å². The SMILES string of the molecule is Cc1bc(C)c(C)c(C)c1C. The van der Waals surface area contributed by atoms with Crippen molar-refractivity contribution in [3.05, 3.63) is 27.6 Å². The zero-order valence-electron chi connectivity index (χ0n) is 8.08. The molecule has 0 saturated heterocycles. The number of rotatable bonds is 0. The van der Waals surface area contributed by atoms with E-state index in [2.05, 4.69) is 41.5 Å². The van der Waals surface area contributed by atoms with Gasteiger partial charge in [0.2, 0.25) is 0 Å². The molecule has 0 N–H and O–H groups in total. The molecule has 1 aromatic rings. The summed E-state index contributed by atoms with van der Waals surface area (Å²) in [4.78, 5) is 0. The van der Waals surface area contributed by atoms with Crippen molar-refractivity contribution in [1.29, 1.82) is 0 Å². The van der Waals surface area contributed by atoms with Gasteiger partial charge in [0.25, 0.3) is 0 Å². The van der Waals surface area contributed by atoms with Gasteiger partial charge in [0.1, 0.15) is 0 Å². The third-order valence-corrected chi connectivity index (χ3v) is 2.74. The van der Waals surface area contributed by atoms with E-state index in [1.54, 1.807) is 0 Å². The normalized spacial score (nSPS) is 9.91. The molecule has 0 unspecified atom stereocenters. The maximum atomic E-state index is 2.26. The second-order valence-corrected chi connectivity index (χ2v) is 3.39. The van der Waals surface area contributed by atoms with Gasteiger partial charge in [0.15, 0.2) is 0 Å². The van der Waals surface area contributed by atoms with Crippen LogP contribution in [0.2, 0.25) is 0 Å². The summed E-state index contributed by atoms with van der Waals surface area (Å²) in [6, 6.07) is 0. The molecule has 1 heteroatoms. The molecule has 0 spiro atoms. The van der Waals surface area contributed by atoms with Crippen LogP contribution in [0.1, 0.15) is 27.6 Å².